The van der Waals surface area contributed by atoms with Crippen LogP contribution in [0.5, 0.6) is 5.75 Å². The van der Waals surface area contributed by atoms with Crippen LogP contribution in [0, 0.1) is 5.82 Å². The van der Waals surface area contributed by atoms with Crippen molar-refractivity contribution >= 4 is 0 Å². The normalized spacial score (nSPS) is 10.8. The number of aromatic nitrogens is 3. The van der Waals surface area contributed by atoms with E-state index in [-0.39, 0.29) is 5.82 Å². The zero-order chi connectivity index (χ0) is 17.5. The van der Waals surface area contributed by atoms with Gasteiger partial charge >= 0.3 is 0 Å². The minimum absolute atomic E-state index is 0.183. The Labute approximate surface area is 147 Å². The number of methoxy groups -OCH3 is 1. The number of hydrogen-bond donors (Lipinski definition) is 0. The number of benzene rings is 2. The van der Waals surface area contributed by atoms with Crippen molar-refractivity contribution in [3.63, 3.8) is 0 Å². The molecule has 0 unspecified atom stereocenters. The van der Waals surface area contributed by atoms with Gasteiger partial charge in [-0.25, -0.2) is 9.07 Å². The molecule has 0 bridgehead atoms. The van der Waals surface area contributed by atoms with Crippen LogP contribution < -0.4 is 4.74 Å². The monoisotopic (exact) mass is 339 g/mol. The Hall–Kier alpha value is -2.69. The zero-order valence-corrected chi connectivity index (χ0v) is 14.4. The van der Waals surface area contributed by atoms with Gasteiger partial charge in [0.25, 0.3) is 0 Å². The Balaban J connectivity index is 1.44. The van der Waals surface area contributed by atoms with E-state index in [1.165, 1.54) is 17.7 Å². The van der Waals surface area contributed by atoms with E-state index in [9.17, 15) is 4.39 Å². The van der Waals surface area contributed by atoms with E-state index < -0.39 is 0 Å². The van der Waals surface area contributed by atoms with Crippen molar-refractivity contribution in [2.24, 2.45) is 0 Å². The van der Waals surface area contributed by atoms with Gasteiger partial charge in [0, 0.05) is 6.20 Å². The van der Waals surface area contributed by atoms with Crippen molar-refractivity contribution in [2.75, 3.05) is 7.11 Å². The van der Waals surface area contributed by atoms with Crippen molar-refractivity contribution in [1.82, 2.24) is 15.0 Å². The number of aryl methyl sites for hydroxylation is 2. The quantitative estimate of drug-likeness (QED) is 0.582. The lowest BCUT2D eigenvalue weighted by molar-refractivity contribution is 0.414. The summed E-state index contributed by atoms with van der Waals surface area (Å²) in [5, 5.41) is 8.44. The SMILES string of the molecule is COc1ccc(Cn2cc(CCCCc3ccc(F)cc3)nn2)cc1. The van der Waals surface area contributed by atoms with Crippen molar-refractivity contribution < 1.29 is 9.13 Å². The van der Waals surface area contributed by atoms with Crippen molar-refractivity contribution in [1.29, 1.82) is 0 Å². The molecule has 0 aliphatic heterocycles. The minimum Gasteiger partial charge on any atom is -0.497 e. The average molecular weight is 339 g/mol. The van der Waals surface area contributed by atoms with Gasteiger partial charge in [-0.1, -0.05) is 29.5 Å². The summed E-state index contributed by atoms with van der Waals surface area (Å²) in [7, 11) is 1.66. The first kappa shape index (κ1) is 17.1. The number of ether oxygens (including phenoxy) is 1. The van der Waals surface area contributed by atoms with E-state index in [4.69, 9.17) is 4.74 Å². The minimum atomic E-state index is -0.183. The van der Waals surface area contributed by atoms with Crippen LogP contribution >= 0.6 is 0 Å². The Morgan fingerprint density at radius 2 is 1.60 bits per heavy atom. The molecule has 0 saturated heterocycles. The van der Waals surface area contributed by atoms with E-state index in [2.05, 4.69) is 10.3 Å². The van der Waals surface area contributed by atoms with Crippen LogP contribution in [-0.2, 0) is 19.4 Å². The summed E-state index contributed by atoms with van der Waals surface area (Å²) in [6.07, 6.45) is 5.96. The third-order valence-electron chi connectivity index (χ3n) is 4.15. The number of hydrogen-bond acceptors (Lipinski definition) is 3. The molecule has 0 fully saturated rings. The number of unbranched alkanes of at least 4 members (excludes halogenated alkanes) is 1. The average Bonchev–Trinajstić information content (AvgIpc) is 3.08. The molecule has 0 radical (unpaired) electrons. The molecule has 0 atom stereocenters. The molecule has 3 aromatic rings. The summed E-state index contributed by atoms with van der Waals surface area (Å²) >= 11 is 0. The molecule has 1 aromatic heterocycles. The summed E-state index contributed by atoms with van der Waals surface area (Å²) in [6, 6.07) is 14.7. The molecule has 25 heavy (non-hydrogen) atoms. The second-order valence-electron chi connectivity index (χ2n) is 6.09. The van der Waals surface area contributed by atoms with Crippen molar-refractivity contribution in [3.8, 4) is 5.75 Å². The smallest absolute Gasteiger partial charge is 0.123 e. The second-order valence-corrected chi connectivity index (χ2v) is 6.09. The van der Waals surface area contributed by atoms with E-state index in [1.807, 2.05) is 47.3 Å². The summed E-state index contributed by atoms with van der Waals surface area (Å²) in [5.74, 6) is 0.668. The van der Waals surface area contributed by atoms with Gasteiger partial charge in [0.05, 0.1) is 19.3 Å². The first-order valence-corrected chi connectivity index (χ1v) is 8.49. The molecule has 1 heterocycles. The first-order valence-electron chi connectivity index (χ1n) is 8.49. The zero-order valence-electron chi connectivity index (χ0n) is 14.4. The van der Waals surface area contributed by atoms with Crippen molar-refractivity contribution in [3.05, 3.63) is 77.4 Å². The predicted molar refractivity (Wildman–Crippen MR) is 95.2 cm³/mol. The van der Waals surface area contributed by atoms with Gasteiger partial charge in [0.1, 0.15) is 11.6 Å². The molecule has 0 saturated carbocycles. The summed E-state index contributed by atoms with van der Waals surface area (Å²) in [4.78, 5) is 0. The highest BCUT2D eigenvalue weighted by atomic mass is 19.1. The van der Waals surface area contributed by atoms with Crippen LogP contribution in [0.15, 0.2) is 54.7 Å². The molecule has 5 heteroatoms. The molecule has 0 aliphatic rings. The largest absolute Gasteiger partial charge is 0.497 e. The van der Waals surface area contributed by atoms with Gasteiger partial charge < -0.3 is 4.74 Å². The molecule has 0 amide bonds. The van der Waals surface area contributed by atoms with Crippen molar-refractivity contribution in [2.45, 2.75) is 32.2 Å². The third-order valence-corrected chi connectivity index (χ3v) is 4.15. The lowest BCUT2D eigenvalue weighted by Gasteiger charge is -2.03. The molecule has 3 rings (SSSR count). The molecule has 130 valence electrons. The summed E-state index contributed by atoms with van der Waals surface area (Å²) in [5.41, 5.74) is 3.34. The fourth-order valence-corrected chi connectivity index (χ4v) is 2.73. The molecule has 2 aromatic carbocycles. The topological polar surface area (TPSA) is 39.9 Å². The molecule has 0 N–H and O–H groups in total. The van der Waals surface area contributed by atoms with E-state index in [0.29, 0.717) is 6.54 Å². The molecule has 0 aliphatic carbocycles. The van der Waals surface area contributed by atoms with E-state index in [0.717, 1.165) is 42.7 Å². The summed E-state index contributed by atoms with van der Waals surface area (Å²) in [6.45, 7) is 0.701. The Kier molecular flexibility index (Phi) is 5.77. The maximum atomic E-state index is 12.9. The van der Waals surface area contributed by atoms with Crippen LogP contribution in [0.3, 0.4) is 0 Å². The van der Waals surface area contributed by atoms with E-state index in [1.54, 1.807) is 7.11 Å². The van der Waals surface area contributed by atoms with Crippen LogP contribution in [0.25, 0.3) is 0 Å². The number of rotatable bonds is 8. The van der Waals surface area contributed by atoms with Crippen LogP contribution in [0.2, 0.25) is 0 Å². The first-order chi connectivity index (χ1) is 12.2. The highest BCUT2D eigenvalue weighted by Gasteiger charge is 2.03. The Bertz CT molecular complexity index is 781. The lowest BCUT2D eigenvalue weighted by Crippen LogP contribution is -2.00. The van der Waals surface area contributed by atoms with Gasteiger partial charge in [-0.2, -0.15) is 0 Å². The lowest BCUT2D eigenvalue weighted by atomic mass is 10.1. The fourth-order valence-electron chi connectivity index (χ4n) is 2.73. The number of halogens is 1. The maximum Gasteiger partial charge on any atom is 0.123 e. The van der Waals surface area contributed by atoms with Crippen LogP contribution in [-0.4, -0.2) is 22.1 Å². The maximum absolute atomic E-state index is 12.9. The van der Waals surface area contributed by atoms with Crippen LogP contribution in [0.4, 0.5) is 4.39 Å². The van der Waals surface area contributed by atoms with Gasteiger partial charge in [-0.3, -0.25) is 0 Å². The highest BCUT2D eigenvalue weighted by molar-refractivity contribution is 5.27. The Morgan fingerprint density at radius 3 is 2.32 bits per heavy atom. The van der Waals surface area contributed by atoms with E-state index >= 15 is 0 Å². The molecule has 4 nitrogen and oxygen atoms in total. The Morgan fingerprint density at radius 1 is 0.920 bits per heavy atom. The third kappa shape index (κ3) is 5.14. The van der Waals surface area contributed by atoms with Gasteiger partial charge in [-0.05, 0) is 61.1 Å². The fraction of sp³-hybridized carbons (Fsp3) is 0.300. The standard InChI is InChI=1S/C20H22FN3O/c1-25-20-12-8-17(9-13-20)14-24-15-19(22-23-24)5-3-2-4-16-6-10-18(21)11-7-16/h6-13,15H,2-5,14H2,1H3. The predicted octanol–water partition coefficient (Wildman–Crippen LogP) is 4.04. The molecular weight excluding hydrogens is 317 g/mol. The van der Waals surface area contributed by atoms with Crippen LogP contribution in [0.1, 0.15) is 29.7 Å². The number of nitrogens with zero attached hydrogens (tertiary/aromatic N) is 3. The second kappa shape index (κ2) is 8.42. The molecule has 0 spiro atoms. The molecular formula is C20H22FN3O. The van der Waals surface area contributed by atoms with Gasteiger partial charge in [0.2, 0.25) is 0 Å². The highest BCUT2D eigenvalue weighted by Crippen LogP contribution is 2.13. The van der Waals surface area contributed by atoms with Gasteiger partial charge in [-0.15, -0.1) is 5.10 Å². The summed E-state index contributed by atoms with van der Waals surface area (Å²) < 4.78 is 19.9. The van der Waals surface area contributed by atoms with Gasteiger partial charge in [0.15, 0.2) is 0 Å².